The van der Waals surface area contributed by atoms with Crippen molar-refractivity contribution in [2.45, 2.75) is 19.9 Å². The molecule has 0 saturated carbocycles. The maximum atomic E-state index is 11.8. The van der Waals surface area contributed by atoms with Crippen molar-refractivity contribution in [1.29, 1.82) is 0 Å². The van der Waals surface area contributed by atoms with Crippen LogP contribution in [0.5, 0.6) is 5.88 Å². The van der Waals surface area contributed by atoms with Crippen molar-refractivity contribution in [2.75, 3.05) is 18.1 Å². The number of rotatable bonds is 3. The van der Waals surface area contributed by atoms with Crippen LogP contribution >= 0.6 is 0 Å². The molecule has 0 fully saturated rings. The van der Waals surface area contributed by atoms with Gasteiger partial charge >= 0.3 is 0 Å². The monoisotopic (exact) mass is 273 g/mol. The first-order valence-electron chi connectivity index (χ1n) is 6.53. The van der Waals surface area contributed by atoms with Crippen LogP contribution in [0.4, 0.5) is 5.82 Å². The van der Waals surface area contributed by atoms with Gasteiger partial charge in [0.1, 0.15) is 12.1 Å². The van der Waals surface area contributed by atoms with Gasteiger partial charge < -0.3 is 14.6 Å². The fraction of sp³-hybridized carbons (Fsp3) is 0.385. The lowest BCUT2D eigenvalue weighted by Crippen LogP contribution is -2.35. The summed E-state index contributed by atoms with van der Waals surface area (Å²) in [6, 6.07) is 1.79. The van der Waals surface area contributed by atoms with Gasteiger partial charge in [0.05, 0.1) is 30.7 Å². The molecule has 1 aliphatic rings. The fourth-order valence-corrected chi connectivity index (χ4v) is 2.28. The minimum absolute atomic E-state index is 0.0845. The van der Waals surface area contributed by atoms with Crippen molar-refractivity contribution in [3.05, 3.63) is 40.3 Å². The Balaban J connectivity index is 1.88. The summed E-state index contributed by atoms with van der Waals surface area (Å²) in [5, 5.41) is 0. The zero-order valence-electron chi connectivity index (χ0n) is 11.2. The molecule has 3 rings (SSSR count). The first kappa shape index (κ1) is 12.6. The van der Waals surface area contributed by atoms with Crippen LogP contribution in [0.15, 0.2) is 23.5 Å². The molecule has 104 valence electrons. The van der Waals surface area contributed by atoms with Crippen molar-refractivity contribution in [3.63, 3.8) is 0 Å². The Morgan fingerprint density at radius 1 is 1.40 bits per heavy atom. The SMILES string of the molecule is CCOc1cc(N2CCc3nc[nH]c(=O)c3C2)ncn1. The summed E-state index contributed by atoms with van der Waals surface area (Å²) in [7, 11) is 0. The van der Waals surface area contributed by atoms with Gasteiger partial charge in [0, 0.05) is 19.0 Å². The zero-order valence-corrected chi connectivity index (χ0v) is 11.2. The van der Waals surface area contributed by atoms with Crippen LogP contribution in [-0.4, -0.2) is 33.1 Å². The highest BCUT2D eigenvalue weighted by Gasteiger charge is 2.21. The van der Waals surface area contributed by atoms with Crippen molar-refractivity contribution < 1.29 is 4.74 Å². The molecule has 7 nitrogen and oxygen atoms in total. The topological polar surface area (TPSA) is 84.0 Å². The van der Waals surface area contributed by atoms with E-state index in [9.17, 15) is 4.79 Å². The summed E-state index contributed by atoms with van der Waals surface area (Å²) in [5.74, 6) is 1.31. The quantitative estimate of drug-likeness (QED) is 0.877. The van der Waals surface area contributed by atoms with Crippen LogP contribution in [0.2, 0.25) is 0 Å². The summed E-state index contributed by atoms with van der Waals surface area (Å²) < 4.78 is 5.37. The summed E-state index contributed by atoms with van der Waals surface area (Å²) in [6.45, 7) is 3.74. The molecule has 3 heterocycles. The van der Waals surface area contributed by atoms with Crippen LogP contribution in [0, 0.1) is 0 Å². The number of aromatic nitrogens is 4. The van der Waals surface area contributed by atoms with Gasteiger partial charge in [0.15, 0.2) is 0 Å². The van der Waals surface area contributed by atoms with Gasteiger partial charge in [-0.2, -0.15) is 0 Å². The number of anilines is 1. The van der Waals surface area contributed by atoms with Gasteiger partial charge in [-0.05, 0) is 6.92 Å². The number of ether oxygens (including phenoxy) is 1. The van der Waals surface area contributed by atoms with E-state index in [1.165, 1.54) is 12.7 Å². The average Bonchev–Trinajstić information content (AvgIpc) is 2.48. The third kappa shape index (κ3) is 2.34. The van der Waals surface area contributed by atoms with E-state index in [1.54, 1.807) is 6.07 Å². The van der Waals surface area contributed by atoms with Gasteiger partial charge in [-0.1, -0.05) is 0 Å². The molecule has 0 radical (unpaired) electrons. The molecule has 20 heavy (non-hydrogen) atoms. The van der Waals surface area contributed by atoms with Crippen molar-refractivity contribution in [2.24, 2.45) is 0 Å². The first-order valence-corrected chi connectivity index (χ1v) is 6.53. The van der Waals surface area contributed by atoms with E-state index in [-0.39, 0.29) is 5.56 Å². The van der Waals surface area contributed by atoms with Crippen LogP contribution in [-0.2, 0) is 13.0 Å². The Kier molecular flexibility index (Phi) is 3.32. The fourth-order valence-electron chi connectivity index (χ4n) is 2.28. The largest absolute Gasteiger partial charge is 0.478 e. The van der Waals surface area contributed by atoms with Gasteiger partial charge in [0.25, 0.3) is 5.56 Å². The number of fused-ring (bicyclic) bond motifs is 1. The predicted octanol–water partition coefficient (Wildman–Crippen LogP) is 0.521. The lowest BCUT2D eigenvalue weighted by molar-refractivity contribution is 0.326. The maximum Gasteiger partial charge on any atom is 0.255 e. The number of nitrogens with zero attached hydrogens (tertiary/aromatic N) is 4. The summed E-state index contributed by atoms with van der Waals surface area (Å²) in [5.41, 5.74) is 1.48. The molecular formula is C13H15N5O2. The zero-order chi connectivity index (χ0) is 13.9. The van der Waals surface area contributed by atoms with Crippen LogP contribution in [0.3, 0.4) is 0 Å². The molecule has 0 aliphatic carbocycles. The molecule has 0 amide bonds. The lowest BCUT2D eigenvalue weighted by atomic mass is 10.1. The van der Waals surface area contributed by atoms with Gasteiger partial charge in [-0.3, -0.25) is 4.79 Å². The molecule has 2 aromatic rings. The highest BCUT2D eigenvalue weighted by Crippen LogP contribution is 2.21. The van der Waals surface area contributed by atoms with Crippen LogP contribution in [0.1, 0.15) is 18.2 Å². The van der Waals surface area contributed by atoms with E-state index >= 15 is 0 Å². The Bertz CT molecular complexity index is 670. The molecule has 0 atom stereocenters. The smallest absolute Gasteiger partial charge is 0.255 e. The summed E-state index contributed by atoms with van der Waals surface area (Å²) in [4.78, 5) is 29.0. The Hall–Kier alpha value is -2.44. The van der Waals surface area contributed by atoms with E-state index in [1.807, 2.05) is 11.8 Å². The normalized spacial score (nSPS) is 13.9. The average molecular weight is 273 g/mol. The van der Waals surface area contributed by atoms with Gasteiger partial charge in [0.2, 0.25) is 5.88 Å². The van der Waals surface area contributed by atoms with Crippen LogP contribution in [0.25, 0.3) is 0 Å². The van der Waals surface area contributed by atoms with E-state index in [0.717, 1.165) is 24.5 Å². The predicted molar refractivity (Wildman–Crippen MR) is 72.8 cm³/mol. The summed E-state index contributed by atoms with van der Waals surface area (Å²) >= 11 is 0. The first-order chi connectivity index (χ1) is 9.78. The second kappa shape index (κ2) is 5.28. The number of hydrogen-bond donors (Lipinski definition) is 1. The third-order valence-corrected chi connectivity index (χ3v) is 3.25. The van der Waals surface area contributed by atoms with Crippen molar-refractivity contribution >= 4 is 5.82 Å². The van der Waals surface area contributed by atoms with Crippen LogP contribution < -0.4 is 15.2 Å². The molecule has 0 aromatic carbocycles. The molecule has 0 saturated heterocycles. The number of nitrogens with one attached hydrogen (secondary N) is 1. The molecule has 0 spiro atoms. The van der Waals surface area contributed by atoms with Crippen molar-refractivity contribution in [1.82, 2.24) is 19.9 Å². The Labute approximate surface area is 115 Å². The standard InChI is InChI=1S/C13H15N5O2/c1-2-20-12-5-11(15-8-16-12)18-4-3-10-9(6-18)13(19)17-7-14-10/h5,7-8H,2-4,6H2,1H3,(H,14,17,19). The molecular weight excluding hydrogens is 258 g/mol. The molecule has 0 bridgehead atoms. The number of hydrogen-bond acceptors (Lipinski definition) is 6. The van der Waals surface area contributed by atoms with Crippen molar-refractivity contribution in [3.8, 4) is 5.88 Å². The maximum absolute atomic E-state index is 11.8. The molecule has 2 aromatic heterocycles. The Morgan fingerprint density at radius 3 is 3.15 bits per heavy atom. The van der Waals surface area contributed by atoms with Gasteiger partial charge in [-0.15, -0.1) is 0 Å². The number of H-pyrrole nitrogens is 1. The van der Waals surface area contributed by atoms with E-state index < -0.39 is 0 Å². The van der Waals surface area contributed by atoms with Gasteiger partial charge in [-0.25, -0.2) is 15.0 Å². The third-order valence-electron chi connectivity index (χ3n) is 3.25. The molecule has 1 N–H and O–H groups in total. The van der Waals surface area contributed by atoms with E-state index in [4.69, 9.17) is 4.74 Å². The highest BCUT2D eigenvalue weighted by molar-refractivity contribution is 5.43. The second-order valence-electron chi connectivity index (χ2n) is 4.48. The van der Waals surface area contributed by atoms with E-state index in [2.05, 4.69) is 19.9 Å². The molecule has 0 unspecified atom stereocenters. The number of aromatic amines is 1. The summed E-state index contributed by atoms with van der Waals surface area (Å²) in [6.07, 6.45) is 3.66. The minimum Gasteiger partial charge on any atom is -0.478 e. The minimum atomic E-state index is -0.0845. The Morgan fingerprint density at radius 2 is 2.30 bits per heavy atom. The van der Waals surface area contributed by atoms with E-state index in [0.29, 0.717) is 24.6 Å². The molecule has 7 heteroatoms. The highest BCUT2D eigenvalue weighted by atomic mass is 16.5. The molecule has 1 aliphatic heterocycles. The lowest BCUT2D eigenvalue weighted by Gasteiger charge is -2.28. The second-order valence-corrected chi connectivity index (χ2v) is 4.48.